The van der Waals surface area contributed by atoms with Gasteiger partial charge in [0.1, 0.15) is 0 Å². The van der Waals surface area contributed by atoms with E-state index in [0.29, 0.717) is 26.2 Å². The molecule has 0 spiro atoms. The van der Waals surface area contributed by atoms with Crippen LogP contribution >= 0.6 is 0 Å². The molecule has 1 aliphatic heterocycles. The Morgan fingerprint density at radius 3 is 2.47 bits per heavy atom. The molecule has 0 amide bonds. The fraction of sp³-hybridized carbons (Fsp3) is 0.500. The van der Waals surface area contributed by atoms with E-state index in [4.69, 9.17) is 14.2 Å². The highest BCUT2D eigenvalue weighted by atomic mass is 19.2. The van der Waals surface area contributed by atoms with Gasteiger partial charge in [-0.25, -0.2) is 13.2 Å². The standard InChI is InChI=1S/C24H29F3O3/c1-3-5-13-28-17-7-11-21(30-15-17)19-9-8-18(23(26)24(19)27)16-6-10-22(20(25)14-16)29-12-4-2/h6,8-10,14,17,21H,3-5,7,11-13,15H2,1-2H3. The lowest BCUT2D eigenvalue weighted by molar-refractivity contribution is -0.0881. The van der Waals surface area contributed by atoms with Gasteiger partial charge in [-0.15, -0.1) is 0 Å². The first-order valence-corrected chi connectivity index (χ1v) is 10.7. The molecule has 0 aromatic heterocycles. The van der Waals surface area contributed by atoms with E-state index in [2.05, 4.69) is 6.92 Å². The van der Waals surface area contributed by atoms with E-state index in [9.17, 15) is 13.2 Å². The predicted octanol–water partition coefficient (Wildman–Crippen LogP) is 6.60. The molecular formula is C24H29F3O3. The van der Waals surface area contributed by atoms with Crippen molar-refractivity contribution in [2.75, 3.05) is 19.8 Å². The molecule has 1 aliphatic rings. The first-order valence-electron chi connectivity index (χ1n) is 10.7. The first-order chi connectivity index (χ1) is 14.5. The fourth-order valence-corrected chi connectivity index (χ4v) is 3.53. The number of halogens is 3. The molecule has 1 fully saturated rings. The minimum absolute atomic E-state index is 0.00333. The molecule has 0 N–H and O–H groups in total. The molecular weight excluding hydrogens is 393 g/mol. The Kier molecular flexibility index (Phi) is 8.16. The molecule has 6 heteroatoms. The van der Waals surface area contributed by atoms with Crippen LogP contribution < -0.4 is 4.74 Å². The summed E-state index contributed by atoms with van der Waals surface area (Å²) in [5.41, 5.74) is 0.452. The van der Waals surface area contributed by atoms with E-state index < -0.39 is 23.6 Å². The molecule has 2 aromatic rings. The average Bonchev–Trinajstić information content (AvgIpc) is 2.75. The quantitative estimate of drug-likeness (QED) is 0.426. The minimum Gasteiger partial charge on any atom is -0.491 e. The molecule has 164 valence electrons. The van der Waals surface area contributed by atoms with Crippen molar-refractivity contribution in [2.45, 2.75) is 58.2 Å². The Morgan fingerprint density at radius 2 is 1.80 bits per heavy atom. The second-order valence-electron chi connectivity index (χ2n) is 7.57. The number of ether oxygens (including phenoxy) is 3. The minimum atomic E-state index is -1.00. The molecule has 0 saturated carbocycles. The van der Waals surface area contributed by atoms with Crippen molar-refractivity contribution in [3.63, 3.8) is 0 Å². The molecule has 0 radical (unpaired) electrons. The van der Waals surface area contributed by atoms with Crippen molar-refractivity contribution in [3.8, 4) is 16.9 Å². The lowest BCUT2D eigenvalue weighted by Gasteiger charge is -2.29. The second-order valence-corrected chi connectivity index (χ2v) is 7.57. The molecule has 3 rings (SSSR count). The molecule has 0 bridgehead atoms. The number of rotatable bonds is 9. The Balaban J connectivity index is 1.71. The molecule has 3 nitrogen and oxygen atoms in total. The lowest BCUT2D eigenvalue weighted by Crippen LogP contribution is -2.28. The Bertz CT molecular complexity index is 833. The number of hydrogen-bond acceptors (Lipinski definition) is 3. The molecule has 0 aliphatic carbocycles. The van der Waals surface area contributed by atoms with Gasteiger partial charge in [0.25, 0.3) is 0 Å². The third-order valence-corrected chi connectivity index (χ3v) is 5.25. The summed E-state index contributed by atoms with van der Waals surface area (Å²) in [5, 5.41) is 0. The van der Waals surface area contributed by atoms with Crippen molar-refractivity contribution in [2.24, 2.45) is 0 Å². The molecule has 2 unspecified atom stereocenters. The summed E-state index contributed by atoms with van der Waals surface area (Å²) in [6.07, 6.45) is 3.58. The molecule has 1 saturated heterocycles. The summed E-state index contributed by atoms with van der Waals surface area (Å²) in [5.74, 6) is -2.45. The largest absolute Gasteiger partial charge is 0.491 e. The van der Waals surface area contributed by atoms with Gasteiger partial charge in [0.2, 0.25) is 0 Å². The Morgan fingerprint density at radius 1 is 0.967 bits per heavy atom. The molecule has 1 heterocycles. The molecule has 30 heavy (non-hydrogen) atoms. The summed E-state index contributed by atoms with van der Waals surface area (Å²) >= 11 is 0. The van der Waals surface area contributed by atoms with Gasteiger partial charge in [-0.3, -0.25) is 0 Å². The van der Waals surface area contributed by atoms with Gasteiger partial charge >= 0.3 is 0 Å². The van der Waals surface area contributed by atoms with E-state index in [-0.39, 0.29) is 28.5 Å². The average molecular weight is 422 g/mol. The maximum absolute atomic E-state index is 14.8. The monoisotopic (exact) mass is 422 g/mol. The van der Waals surface area contributed by atoms with E-state index in [1.807, 2.05) is 6.92 Å². The highest BCUT2D eigenvalue weighted by molar-refractivity contribution is 5.66. The normalized spacial score (nSPS) is 19.1. The fourth-order valence-electron chi connectivity index (χ4n) is 3.53. The van der Waals surface area contributed by atoms with Crippen LogP contribution in [0, 0.1) is 17.5 Å². The van der Waals surface area contributed by atoms with Crippen LogP contribution in [0.25, 0.3) is 11.1 Å². The molecule has 2 aromatic carbocycles. The summed E-state index contributed by atoms with van der Waals surface area (Å²) in [7, 11) is 0. The third-order valence-electron chi connectivity index (χ3n) is 5.25. The van der Waals surface area contributed by atoms with Crippen molar-refractivity contribution >= 4 is 0 Å². The topological polar surface area (TPSA) is 27.7 Å². The number of benzene rings is 2. The maximum Gasteiger partial charge on any atom is 0.167 e. The Hall–Kier alpha value is -2.05. The second kappa shape index (κ2) is 10.8. The van der Waals surface area contributed by atoms with Crippen LogP contribution in [-0.4, -0.2) is 25.9 Å². The van der Waals surface area contributed by atoms with Gasteiger partial charge in [-0.05, 0) is 43.4 Å². The van der Waals surface area contributed by atoms with Gasteiger partial charge in [0.15, 0.2) is 23.2 Å². The van der Waals surface area contributed by atoms with E-state index in [0.717, 1.165) is 31.7 Å². The smallest absolute Gasteiger partial charge is 0.167 e. The number of hydrogen-bond donors (Lipinski definition) is 0. The zero-order valence-electron chi connectivity index (χ0n) is 17.6. The lowest BCUT2D eigenvalue weighted by atomic mass is 9.96. The van der Waals surface area contributed by atoms with Crippen LogP contribution in [0.5, 0.6) is 5.75 Å². The van der Waals surface area contributed by atoms with Crippen LogP contribution in [0.4, 0.5) is 13.2 Å². The summed E-state index contributed by atoms with van der Waals surface area (Å²) in [6, 6.07) is 7.13. The first kappa shape index (κ1) is 22.6. The Labute approximate surface area is 176 Å². The van der Waals surface area contributed by atoms with E-state index >= 15 is 0 Å². The van der Waals surface area contributed by atoms with Crippen LogP contribution in [0.2, 0.25) is 0 Å². The van der Waals surface area contributed by atoms with Crippen molar-refractivity contribution in [1.29, 1.82) is 0 Å². The number of unbranched alkanes of at least 4 members (excludes halogenated alkanes) is 1. The highest BCUT2D eigenvalue weighted by Crippen LogP contribution is 2.35. The van der Waals surface area contributed by atoms with E-state index in [1.165, 1.54) is 24.3 Å². The van der Waals surface area contributed by atoms with Crippen LogP contribution in [-0.2, 0) is 9.47 Å². The van der Waals surface area contributed by atoms with Gasteiger partial charge in [0.05, 0.1) is 25.4 Å². The van der Waals surface area contributed by atoms with Gasteiger partial charge in [-0.2, -0.15) is 0 Å². The van der Waals surface area contributed by atoms with Gasteiger partial charge in [0, 0.05) is 17.7 Å². The SMILES string of the molecule is CCCCOC1CCC(c2ccc(-c3ccc(OCCC)c(F)c3)c(F)c2F)OC1. The zero-order chi connectivity index (χ0) is 21.5. The summed E-state index contributed by atoms with van der Waals surface area (Å²) in [4.78, 5) is 0. The van der Waals surface area contributed by atoms with Gasteiger partial charge in [-0.1, -0.05) is 38.5 Å². The van der Waals surface area contributed by atoms with Crippen molar-refractivity contribution < 1.29 is 27.4 Å². The molecule has 2 atom stereocenters. The van der Waals surface area contributed by atoms with Crippen LogP contribution in [0.3, 0.4) is 0 Å². The zero-order valence-corrected chi connectivity index (χ0v) is 17.6. The van der Waals surface area contributed by atoms with Crippen LogP contribution in [0.15, 0.2) is 30.3 Å². The predicted molar refractivity (Wildman–Crippen MR) is 110 cm³/mol. The van der Waals surface area contributed by atoms with Gasteiger partial charge < -0.3 is 14.2 Å². The third kappa shape index (κ3) is 5.35. The summed E-state index contributed by atoms with van der Waals surface area (Å²) < 4.78 is 60.7. The van der Waals surface area contributed by atoms with E-state index in [1.54, 1.807) is 0 Å². The maximum atomic E-state index is 14.8. The summed E-state index contributed by atoms with van der Waals surface area (Å²) in [6.45, 7) is 5.45. The highest BCUT2D eigenvalue weighted by Gasteiger charge is 2.27. The van der Waals surface area contributed by atoms with Crippen molar-refractivity contribution in [3.05, 3.63) is 53.3 Å². The van der Waals surface area contributed by atoms with Crippen LogP contribution in [0.1, 0.15) is 57.6 Å². The van der Waals surface area contributed by atoms with Crippen molar-refractivity contribution in [1.82, 2.24) is 0 Å².